The number of pyridine rings is 1. The molecular formula is C28H27ClN4O3S. The molecule has 0 saturated carbocycles. The Balaban J connectivity index is 1.20. The lowest BCUT2D eigenvalue weighted by atomic mass is 10.2. The second kappa shape index (κ2) is 11.4. The smallest absolute Gasteiger partial charge is 0.253 e. The number of rotatable bonds is 6. The molecule has 190 valence electrons. The molecule has 0 bridgehead atoms. The molecule has 1 unspecified atom stereocenters. The predicted molar refractivity (Wildman–Crippen MR) is 147 cm³/mol. The number of anilines is 1. The van der Waals surface area contributed by atoms with E-state index in [1.807, 2.05) is 29.2 Å². The van der Waals surface area contributed by atoms with Gasteiger partial charge in [0.1, 0.15) is 22.6 Å². The van der Waals surface area contributed by atoms with Crippen LogP contribution in [0.15, 0.2) is 83.9 Å². The van der Waals surface area contributed by atoms with Crippen LogP contribution >= 0.6 is 11.6 Å². The average Bonchev–Trinajstić information content (AvgIpc) is 3.16. The fourth-order valence-corrected chi connectivity index (χ4v) is 5.71. The standard InChI is InChI=1S/C28H27ClN4O3S/c29-23-9-12-25(34)22(18-23)19-32-14-3-15-33(17-16-32)28(35)21-7-10-24(11-8-21)31-37(36)26-6-1-4-20-5-2-13-30-27(20)26/h1-2,4-13,18,31,34H,3,14-17,19H2. The minimum absolute atomic E-state index is 0.0293. The van der Waals surface area contributed by atoms with Gasteiger partial charge in [0.15, 0.2) is 0 Å². The summed E-state index contributed by atoms with van der Waals surface area (Å²) >= 11 is 4.59. The van der Waals surface area contributed by atoms with E-state index in [1.165, 1.54) is 0 Å². The van der Waals surface area contributed by atoms with E-state index in [9.17, 15) is 14.5 Å². The van der Waals surface area contributed by atoms with Crippen molar-refractivity contribution in [1.82, 2.24) is 14.8 Å². The molecule has 1 atom stereocenters. The number of hydrogen-bond donors (Lipinski definition) is 2. The molecule has 1 fully saturated rings. The fourth-order valence-electron chi connectivity index (χ4n) is 4.51. The molecular weight excluding hydrogens is 508 g/mol. The summed E-state index contributed by atoms with van der Waals surface area (Å²) in [4.78, 5) is 22.2. The third-order valence-corrected chi connectivity index (χ3v) is 7.83. The van der Waals surface area contributed by atoms with Crippen LogP contribution in [0.4, 0.5) is 5.69 Å². The summed E-state index contributed by atoms with van der Waals surface area (Å²) in [5.41, 5.74) is 2.73. The van der Waals surface area contributed by atoms with Crippen LogP contribution in [0.1, 0.15) is 22.3 Å². The molecule has 1 amide bonds. The Kier molecular flexibility index (Phi) is 7.81. The summed E-state index contributed by atoms with van der Waals surface area (Å²) in [5.74, 6) is 0.200. The van der Waals surface area contributed by atoms with Crippen LogP contribution in [0.2, 0.25) is 5.02 Å². The predicted octanol–water partition coefficient (Wildman–Crippen LogP) is 5.08. The highest BCUT2D eigenvalue weighted by atomic mass is 35.5. The quantitative estimate of drug-likeness (QED) is 0.335. The van der Waals surface area contributed by atoms with Crippen molar-refractivity contribution in [2.75, 3.05) is 30.9 Å². The maximum atomic E-state index is 13.2. The SMILES string of the molecule is O=C(c1ccc(N[S+]([O-])c2cccc3cccnc23)cc1)N1CCCN(Cc2cc(Cl)ccc2O)CC1. The number of halogens is 1. The zero-order valence-electron chi connectivity index (χ0n) is 20.1. The van der Waals surface area contributed by atoms with Gasteiger partial charge >= 0.3 is 0 Å². The summed E-state index contributed by atoms with van der Waals surface area (Å²) < 4.78 is 16.0. The second-order valence-corrected chi connectivity index (χ2v) is 10.6. The number of benzene rings is 3. The highest BCUT2D eigenvalue weighted by Crippen LogP contribution is 2.25. The molecule has 1 aromatic heterocycles. The van der Waals surface area contributed by atoms with Crippen molar-refractivity contribution >= 4 is 45.5 Å². The number of nitrogens with one attached hydrogen (secondary N) is 1. The van der Waals surface area contributed by atoms with E-state index in [-0.39, 0.29) is 11.7 Å². The molecule has 1 aliphatic heterocycles. The van der Waals surface area contributed by atoms with Crippen molar-refractivity contribution in [2.45, 2.75) is 17.9 Å². The maximum absolute atomic E-state index is 13.2. The van der Waals surface area contributed by atoms with E-state index in [0.29, 0.717) is 52.9 Å². The van der Waals surface area contributed by atoms with Gasteiger partial charge in [-0.25, -0.2) is 4.72 Å². The Morgan fingerprint density at radius 2 is 1.84 bits per heavy atom. The second-order valence-electron chi connectivity index (χ2n) is 8.97. The van der Waals surface area contributed by atoms with Crippen LogP contribution < -0.4 is 4.72 Å². The molecule has 37 heavy (non-hydrogen) atoms. The van der Waals surface area contributed by atoms with Crippen molar-refractivity contribution < 1.29 is 14.5 Å². The molecule has 5 rings (SSSR count). The zero-order chi connectivity index (χ0) is 25.8. The molecule has 3 aromatic carbocycles. The molecule has 0 radical (unpaired) electrons. The third kappa shape index (κ3) is 5.99. The summed E-state index contributed by atoms with van der Waals surface area (Å²) in [6.07, 6.45) is 2.53. The first-order valence-corrected chi connectivity index (χ1v) is 13.6. The average molecular weight is 535 g/mol. The summed E-state index contributed by atoms with van der Waals surface area (Å²) in [6, 6.07) is 21.5. The van der Waals surface area contributed by atoms with Gasteiger partial charge in [-0.2, -0.15) is 0 Å². The lowest BCUT2D eigenvalue weighted by molar-refractivity contribution is 0.0761. The number of hydrogen-bond acceptors (Lipinski definition) is 6. The molecule has 1 saturated heterocycles. The van der Waals surface area contributed by atoms with Crippen molar-refractivity contribution in [1.29, 1.82) is 0 Å². The van der Waals surface area contributed by atoms with E-state index < -0.39 is 11.4 Å². The monoisotopic (exact) mass is 534 g/mol. The van der Waals surface area contributed by atoms with Crippen molar-refractivity contribution in [3.63, 3.8) is 0 Å². The van der Waals surface area contributed by atoms with Crippen LogP contribution in [0, 0.1) is 0 Å². The number of phenols is 1. The number of phenolic OH excluding ortho intramolecular Hbond substituents is 1. The van der Waals surface area contributed by atoms with Gasteiger partial charge in [-0.15, -0.1) is 0 Å². The fraction of sp³-hybridized carbons (Fsp3) is 0.214. The first-order chi connectivity index (χ1) is 18.0. The molecule has 0 aliphatic carbocycles. The van der Waals surface area contributed by atoms with E-state index >= 15 is 0 Å². The normalized spacial score (nSPS) is 15.4. The van der Waals surface area contributed by atoms with Crippen LogP contribution in [-0.4, -0.2) is 56.5 Å². The minimum Gasteiger partial charge on any atom is -0.588 e. The summed E-state index contributed by atoms with van der Waals surface area (Å²) in [5, 5.41) is 11.7. The number of aromatic nitrogens is 1. The van der Waals surface area contributed by atoms with E-state index in [2.05, 4.69) is 14.6 Å². The molecule has 2 N–H and O–H groups in total. The van der Waals surface area contributed by atoms with Gasteiger partial charge in [-0.1, -0.05) is 29.8 Å². The van der Waals surface area contributed by atoms with E-state index in [1.54, 1.807) is 54.7 Å². The van der Waals surface area contributed by atoms with E-state index in [0.717, 1.165) is 23.9 Å². The first-order valence-electron chi connectivity index (χ1n) is 12.1. The lowest BCUT2D eigenvalue weighted by Gasteiger charge is -2.22. The topological polar surface area (TPSA) is 91.8 Å². The molecule has 7 nitrogen and oxygen atoms in total. The van der Waals surface area contributed by atoms with Crippen LogP contribution in [0.5, 0.6) is 5.75 Å². The van der Waals surface area contributed by atoms with Gasteiger partial charge in [-0.05, 0) is 61.0 Å². The Labute approximate surface area is 224 Å². The molecule has 4 aromatic rings. The van der Waals surface area contributed by atoms with Crippen LogP contribution in [-0.2, 0) is 17.9 Å². The van der Waals surface area contributed by atoms with Crippen LogP contribution in [0.25, 0.3) is 10.9 Å². The van der Waals surface area contributed by atoms with Crippen molar-refractivity contribution in [3.05, 3.63) is 95.1 Å². The molecule has 1 aliphatic rings. The zero-order valence-corrected chi connectivity index (χ0v) is 21.7. The maximum Gasteiger partial charge on any atom is 0.253 e. The van der Waals surface area contributed by atoms with Crippen molar-refractivity contribution in [3.8, 4) is 5.75 Å². The first kappa shape index (κ1) is 25.4. The lowest BCUT2D eigenvalue weighted by Crippen LogP contribution is -2.35. The van der Waals surface area contributed by atoms with Gasteiger partial charge in [-0.3, -0.25) is 14.7 Å². The van der Waals surface area contributed by atoms with Gasteiger partial charge in [0, 0.05) is 60.5 Å². The minimum atomic E-state index is -1.50. The number of fused-ring (bicyclic) bond motifs is 1. The number of amides is 1. The molecule has 2 heterocycles. The number of carbonyl (C=O) groups excluding carboxylic acids is 1. The van der Waals surface area contributed by atoms with Gasteiger partial charge in [0.2, 0.25) is 4.90 Å². The molecule has 0 spiro atoms. The highest BCUT2D eigenvalue weighted by molar-refractivity contribution is 7.93. The number of carbonyl (C=O) groups is 1. The largest absolute Gasteiger partial charge is 0.588 e. The van der Waals surface area contributed by atoms with Gasteiger partial charge in [0.05, 0.1) is 5.69 Å². The van der Waals surface area contributed by atoms with Gasteiger partial charge in [0.25, 0.3) is 5.91 Å². The molecule has 9 heteroatoms. The number of para-hydroxylation sites is 1. The Hall–Kier alpha value is -3.30. The third-order valence-electron chi connectivity index (χ3n) is 6.45. The highest BCUT2D eigenvalue weighted by Gasteiger charge is 2.22. The Morgan fingerprint density at radius 1 is 1.03 bits per heavy atom. The van der Waals surface area contributed by atoms with E-state index in [4.69, 9.17) is 11.6 Å². The van der Waals surface area contributed by atoms with Crippen LogP contribution in [0.3, 0.4) is 0 Å². The Morgan fingerprint density at radius 3 is 2.68 bits per heavy atom. The summed E-state index contributed by atoms with van der Waals surface area (Å²) in [6.45, 7) is 3.37. The van der Waals surface area contributed by atoms with Gasteiger partial charge < -0.3 is 14.6 Å². The number of nitrogens with zero attached hydrogens (tertiary/aromatic N) is 3. The summed E-state index contributed by atoms with van der Waals surface area (Å²) in [7, 11) is 0. The Bertz CT molecular complexity index is 1400. The number of aromatic hydroxyl groups is 1. The van der Waals surface area contributed by atoms with Crippen molar-refractivity contribution in [2.24, 2.45) is 0 Å².